The molecule has 31 heavy (non-hydrogen) atoms. The zero-order valence-electron chi connectivity index (χ0n) is 17.6. The van der Waals surface area contributed by atoms with Crippen molar-refractivity contribution in [2.24, 2.45) is 0 Å². The third-order valence-corrected chi connectivity index (χ3v) is 11.0. The van der Waals surface area contributed by atoms with Crippen LogP contribution in [0.5, 0.6) is 0 Å². The molecule has 0 fully saturated rings. The molecule has 1 unspecified atom stereocenters. The molecule has 4 nitrogen and oxygen atoms in total. The Morgan fingerprint density at radius 3 is 1.29 bits per heavy atom. The SMILES string of the molecule is CCCC(CP(c1ccncc1)c1ccncc1)P(c1ccncc1)c1ccncc1. The highest BCUT2D eigenvalue weighted by Gasteiger charge is 2.28. The molecule has 4 aromatic heterocycles. The van der Waals surface area contributed by atoms with Gasteiger partial charge in [-0.3, -0.25) is 19.9 Å². The summed E-state index contributed by atoms with van der Waals surface area (Å²) in [5.41, 5.74) is 0.553. The maximum Gasteiger partial charge on any atom is 0.0274 e. The normalized spacial score (nSPS) is 12.2. The molecule has 0 amide bonds. The molecule has 0 saturated heterocycles. The first kappa shape index (κ1) is 21.7. The molecule has 4 aromatic rings. The minimum absolute atomic E-state index is 0.510. The van der Waals surface area contributed by atoms with Crippen molar-refractivity contribution in [2.45, 2.75) is 25.4 Å². The summed E-state index contributed by atoms with van der Waals surface area (Å²) < 4.78 is 0. The van der Waals surface area contributed by atoms with Gasteiger partial charge in [0.05, 0.1) is 0 Å². The van der Waals surface area contributed by atoms with Gasteiger partial charge in [-0.05, 0) is 104 Å². The van der Waals surface area contributed by atoms with Crippen LogP contribution in [0.15, 0.2) is 98.1 Å². The van der Waals surface area contributed by atoms with E-state index in [4.69, 9.17) is 0 Å². The summed E-state index contributed by atoms with van der Waals surface area (Å²) in [6.45, 7) is 2.29. The molecule has 4 rings (SSSR count). The molecule has 0 spiro atoms. The van der Waals surface area contributed by atoms with Crippen molar-refractivity contribution >= 4 is 37.1 Å². The number of aromatic nitrogens is 4. The Hall–Kier alpha value is -2.54. The van der Waals surface area contributed by atoms with E-state index in [-0.39, 0.29) is 0 Å². The van der Waals surface area contributed by atoms with Gasteiger partial charge in [0.2, 0.25) is 0 Å². The lowest BCUT2D eigenvalue weighted by Crippen LogP contribution is -2.27. The van der Waals surface area contributed by atoms with E-state index in [1.807, 2.05) is 49.6 Å². The van der Waals surface area contributed by atoms with E-state index >= 15 is 0 Å². The van der Waals surface area contributed by atoms with Gasteiger partial charge < -0.3 is 0 Å². The second-order valence-corrected chi connectivity index (χ2v) is 12.0. The van der Waals surface area contributed by atoms with Crippen LogP contribution < -0.4 is 21.2 Å². The van der Waals surface area contributed by atoms with Crippen LogP contribution in [0.2, 0.25) is 0 Å². The predicted octanol–water partition coefficient (Wildman–Crippen LogP) is 4.00. The topological polar surface area (TPSA) is 51.6 Å². The molecule has 0 saturated carbocycles. The Kier molecular flexibility index (Phi) is 7.82. The molecular formula is C25H26N4P2. The Morgan fingerprint density at radius 1 is 0.581 bits per heavy atom. The largest absolute Gasteiger partial charge is 0.265 e. The maximum atomic E-state index is 4.27. The van der Waals surface area contributed by atoms with Gasteiger partial charge in [-0.2, -0.15) is 0 Å². The number of hydrogen-bond donors (Lipinski definition) is 0. The van der Waals surface area contributed by atoms with Gasteiger partial charge in [0.25, 0.3) is 0 Å². The summed E-state index contributed by atoms with van der Waals surface area (Å²) in [6, 6.07) is 17.5. The Balaban J connectivity index is 1.76. The van der Waals surface area contributed by atoms with Crippen LogP contribution in [0.25, 0.3) is 0 Å². The van der Waals surface area contributed by atoms with Gasteiger partial charge in [0.15, 0.2) is 0 Å². The van der Waals surface area contributed by atoms with Crippen molar-refractivity contribution < 1.29 is 0 Å². The van der Waals surface area contributed by atoms with Crippen molar-refractivity contribution in [3.8, 4) is 0 Å². The number of nitrogens with zero attached hydrogens (tertiary/aromatic N) is 4. The first-order valence-electron chi connectivity index (χ1n) is 10.5. The molecule has 0 aromatic carbocycles. The first-order chi connectivity index (χ1) is 15.4. The average molecular weight is 444 g/mol. The lowest BCUT2D eigenvalue weighted by atomic mass is 10.3. The summed E-state index contributed by atoms with van der Waals surface area (Å²) in [5, 5.41) is 5.51. The zero-order chi connectivity index (χ0) is 21.3. The van der Waals surface area contributed by atoms with Crippen molar-refractivity contribution in [3.63, 3.8) is 0 Å². The van der Waals surface area contributed by atoms with Crippen LogP contribution in [0.4, 0.5) is 0 Å². The third-order valence-electron chi connectivity index (χ3n) is 5.21. The van der Waals surface area contributed by atoms with E-state index in [9.17, 15) is 0 Å². The van der Waals surface area contributed by atoms with E-state index in [1.165, 1.54) is 27.6 Å². The van der Waals surface area contributed by atoms with Crippen LogP contribution in [0, 0.1) is 0 Å². The Morgan fingerprint density at radius 2 is 0.935 bits per heavy atom. The van der Waals surface area contributed by atoms with E-state index < -0.39 is 15.8 Å². The van der Waals surface area contributed by atoms with Gasteiger partial charge in [0, 0.05) is 49.6 Å². The van der Waals surface area contributed by atoms with E-state index in [0.717, 1.165) is 12.6 Å². The first-order valence-corrected chi connectivity index (χ1v) is 13.5. The number of rotatable bonds is 9. The maximum absolute atomic E-state index is 4.27. The lowest BCUT2D eigenvalue weighted by molar-refractivity contribution is 0.787. The highest BCUT2D eigenvalue weighted by Crippen LogP contribution is 2.48. The predicted molar refractivity (Wildman–Crippen MR) is 133 cm³/mol. The van der Waals surface area contributed by atoms with E-state index in [1.54, 1.807) is 0 Å². The zero-order valence-corrected chi connectivity index (χ0v) is 19.4. The van der Waals surface area contributed by atoms with Gasteiger partial charge >= 0.3 is 0 Å². The van der Waals surface area contributed by atoms with Gasteiger partial charge in [-0.1, -0.05) is 13.3 Å². The molecule has 156 valence electrons. The average Bonchev–Trinajstić information content (AvgIpc) is 2.85. The Labute approximate surface area is 186 Å². The van der Waals surface area contributed by atoms with Gasteiger partial charge in [-0.25, -0.2) is 0 Å². The highest BCUT2D eigenvalue weighted by molar-refractivity contribution is 7.77. The fourth-order valence-electron chi connectivity index (χ4n) is 3.83. The summed E-state index contributed by atoms with van der Waals surface area (Å²) in [6.07, 6.45) is 18.8. The number of hydrogen-bond acceptors (Lipinski definition) is 4. The summed E-state index contributed by atoms with van der Waals surface area (Å²) in [5.74, 6) is 0. The smallest absolute Gasteiger partial charge is 0.0274 e. The van der Waals surface area contributed by atoms with Crippen LogP contribution in [0.3, 0.4) is 0 Å². The molecule has 0 aliphatic rings. The second-order valence-electron chi connectivity index (χ2n) is 7.24. The molecule has 0 N–H and O–H groups in total. The Bertz CT molecular complexity index is 955. The standard InChI is InChI=1S/C25H26N4P2/c1-2-3-25(31(23-8-16-28-17-9-23)24-10-18-29-19-11-24)20-30(21-4-12-26-13-5-21)22-6-14-27-15-7-22/h4-19,25H,2-3,20H2,1H3. The van der Waals surface area contributed by atoms with E-state index in [0.29, 0.717) is 5.66 Å². The third kappa shape index (κ3) is 5.58. The van der Waals surface area contributed by atoms with Gasteiger partial charge in [-0.15, -0.1) is 0 Å². The molecule has 0 aliphatic heterocycles. The minimum atomic E-state index is -0.528. The van der Waals surface area contributed by atoms with Crippen molar-refractivity contribution in [1.29, 1.82) is 0 Å². The summed E-state index contributed by atoms with van der Waals surface area (Å²) in [7, 11) is -1.04. The van der Waals surface area contributed by atoms with Crippen molar-refractivity contribution in [3.05, 3.63) is 98.1 Å². The molecule has 1 atom stereocenters. The number of pyridine rings is 4. The quantitative estimate of drug-likeness (QED) is 0.366. The van der Waals surface area contributed by atoms with Crippen molar-refractivity contribution in [2.75, 3.05) is 6.16 Å². The van der Waals surface area contributed by atoms with Crippen molar-refractivity contribution in [1.82, 2.24) is 19.9 Å². The van der Waals surface area contributed by atoms with Crippen LogP contribution in [-0.4, -0.2) is 31.8 Å². The van der Waals surface area contributed by atoms with Gasteiger partial charge in [0.1, 0.15) is 0 Å². The molecule has 4 heterocycles. The molecule has 0 radical (unpaired) electrons. The molecule has 6 heteroatoms. The monoisotopic (exact) mass is 444 g/mol. The second kappa shape index (κ2) is 11.2. The molecular weight excluding hydrogens is 418 g/mol. The highest BCUT2D eigenvalue weighted by atomic mass is 31.1. The fourth-order valence-corrected chi connectivity index (χ4v) is 9.85. The summed E-state index contributed by atoms with van der Waals surface area (Å²) in [4.78, 5) is 17.1. The van der Waals surface area contributed by atoms with Crippen LogP contribution >= 0.6 is 15.8 Å². The van der Waals surface area contributed by atoms with Crippen LogP contribution in [0.1, 0.15) is 19.8 Å². The minimum Gasteiger partial charge on any atom is -0.265 e. The summed E-state index contributed by atoms with van der Waals surface area (Å²) >= 11 is 0. The lowest BCUT2D eigenvalue weighted by Gasteiger charge is -2.32. The molecule has 0 bridgehead atoms. The van der Waals surface area contributed by atoms with Crippen LogP contribution in [-0.2, 0) is 0 Å². The molecule has 0 aliphatic carbocycles. The fraction of sp³-hybridized carbons (Fsp3) is 0.200. The van der Waals surface area contributed by atoms with E-state index in [2.05, 4.69) is 75.4 Å².